The maximum absolute atomic E-state index is 11.2. The van der Waals surface area contributed by atoms with E-state index in [1.807, 2.05) is 6.07 Å². The van der Waals surface area contributed by atoms with Crippen LogP contribution in [-0.2, 0) is 0 Å². The molecule has 2 atom stereocenters. The van der Waals surface area contributed by atoms with Crippen molar-refractivity contribution in [3.8, 4) is 0 Å². The number of nitrogens with one attached hydrogen (secondary N) is 1. The summed E-state index contributed by atoms with van der Waals surface area (Å²) in [4.78, 5) is 10.8. The van der Waals surface area contributed by atoms with Crippen LogP contribution in [0.3, 0.4) is 0 Å². The van der Waals surface area contributed by atoms with Gasteiger partial charge in [-0.05, 0) is 30.9 Å². The van der Waals surface area contributed by atoms with Gasteiger partial charge in [-0.2, -0.15) is 0 Å². The zero-order valence-corrected chi connectivity index (χ0v) is 13.1. The van der Waals surface area contributed by atoms with E-state index in [2.05, 4.69) is 28.2 Å². The fraction of sp³-hybridized carbons (Fsp3) is 0.571. The second kappa shape index (κ2) is 6.10. The summed E-state index contributed by atoms with van der Waals surface area (Å²) in [5.41, 5.74) is 6.39. The van der Waals surface area contributed by atoms with Gasteiger partial charge in [0, 0.05) is 17.1 Å². The molecule has 0 radical (unpaired) electrons. The van der Waals surface area contributed by atoms with Gasteiger partial charge in [0.15, 0.2) is 0 Å². The summed E-state index contributed by atoms with van der Waals surface area (Å²) in [6.07, 6.45) is 4.37. The summed E-state index contributed by atoms with van der Waals surface area (Å²) in [7, 11) is 0. The molecule has 1 aliphatic carbocycles. The molecule has 2 rings (SSSR count). The summed E-state index contributed by atoms with van der Waals surface area (Å²) in [6, 6.07) is 5.09. The molecule has 1 fully saturated rings. The number of hydrogen-bond donors (Lipinski definition) is 2. The van der Waals surface area contributed by atoms with E-state index >= 15 is 0 Å². The molecule has 6 heteroatoms. The summed E-state index contributed by atoms with van der Waals surface area (Å²) < 4.78 is 0.702. The lowest BCUT2D eigenvalue weighted by atomic mass is 9.73. The minimum Gasteiger partial charge on any atom is -0.373 e. The van der Waals surface area contributed by atoms with Crippen molar-refractivity contribution >= 4 is 27.3 Å². The summed E-state index contributed by atoms with van der Waals surface area (Å²) in [6.45, 7) is 2.66. The van der Waals surface area contributed by atoms with Crippen molar-refractivity contribution in [2.45, 2.75) is 38.1 Å². The van der Waals surface area contributed by atoms with Crippen LogP contribution < -0.4 is 11.1 Å². The van der Waals surface area contributed by atoms with Crippen molar-refractivity contribution in [1.82, 2.24) is 0 Å². The first-order valence-corrected chi connectivity index (χ1v) is 7.70. The first-order chi connectivity index (χ1) is 9.48. The lowest BCUT2D eigenvalue weighted by Gasteiger charge is -2.43. The molecule has 1 saturated carbocycles. The Hall–Kier alpha value is -1.14. The molecule has 0 spiro atoms. The highest BCUT2D eigenvalue weighted by Crippen LogP contribution is 2.38. The normalized spacial score (nSPS) is 26.2. The Morgan fingerprint density at radius 1 is 1.55 bits per heavy atom. The molecule has 1 aromatic carbocycles. The van der Waals surface area contributed by atoms with Gasteiger partial charge in [0.1, 0.15) is 5.69 Å². The summed E-state index contributed by atoms with van der Waals surface area (Å²) in [5, 5.41) is 14.6. The molecule has 110 valence electrons. The molecule has 0 saturated heterocycles. The highest BCUT2D eigenvalue weighted by molar-refractivity contribution is 9.10. The van der Waals surface area contributed by atoms with Crippen molar-refractivity contribution in [1.29, 1.82) is 0 Å². The number of nitro groups is 1. The van der Waals surface area contributed by atoms with Crippen LogP contribution in [-0.4, -0.2) is 17.0 Å². The topological polar surface area (TPSA) is 81.2 Å². The van der Waals surface area contributed by atoms with Crippen LogP contribution in [0.2, 0.25) is 0 Å². The van der Waals surface area contributed by atoms with Gasteiger partial charge in [-0.3, -0.25) is 10.1 Å². The Morgan fingerprint density at radius 2 is 2.30 bits per heavy atom. The monoisotopic (exact) mass is 341 g/mol. The third-order valence-corrected chi connectivity index (χ3v) is 4.85. The highest BCUT2D eigenvalue weighted by atomic mass is 79.9. The minimum atomic E-state index is -0.356. The predicted octanol–water partition coefficient (Wildman–Crippen LogP) is 3.68. The average Bonchev–Trinajstić information content (AvgIpc) is 2.43. The quantitative estimate of drug-likeness (QED) is 0.646. The van der Waals surface area contributed by atoms with Crippen LogP contribution >= 0.6 is 15.9 Å². The smallest absolute Gasteiger partial charge is 0.293 e. The van der Waals surface area contributed by atoms with Crippen molar-refractivity contribution in [3.63, 3.8) is 0 Å². The van der Waals surface area contributed by atoms with Crippen LogP contribution in [0.4, 0.5) is 11.4 Å². The predicted molar refractivity (Wildman–Crippen MR) is 83.8 cm³/mol. The van der Waals surface area contributed by atoms with Gasteiger partial charge >= 0.3 is 0 Å². The summed E-state index contributed by atoms with van der Waals surface area (Å²) >= 11 is 3.28. The molecule has 0 amide bonds. The van der Waals surface area contributed by atoms with Gasteiger partial charge in [0.2, 0.25) is 0 Å². The Balaban J connectivity index is 2.34. The van der Waals surface area contributed by atoms with Gasteiger partial charge in [-0.25, -0.2) is 0 Å². The third-order valence-electron chi connectivity index (χ3n) is 4.36. The SMILES string of the molecule is CC1CCCCC1(CN)Nc1ccc(Br)cc1[N+](=O)[O-]. The van der Waals surface area contributed by atoms with Gasteiger partial charge in [0.25, 0.3) is 5.69 Å². The van der Waals surface area contributed by atoms with E-state index in [4.69, 9.17) is 5.73 Å². The number of halogens is 1. The zero-order chi connectivity index (χ0) is 14.8. The van der Waals surface area contributed by atoms with Crippen molar-refractivity contribution in [2.24, 2.45) is 11.7 Å². The largest absolute Gasteiger partial charge is 0.373 e. The van der Waals surface area contributed by atoms with Gasteiger partial charge in [-0.1, -0.05) is 35.7 Å². The molecule has 5 nitrogen and oxygen atoms in total. The molecular weight excluding hydrogens is 322 g/mol. The molecule has 0 aliphatic heterocycles. The molecule has 1 aliphatic rings. The van der Waals surface area contributed by atoms with Crippen LogP contribution in [0.15, 0.2) is 22.7 Å². The number of anilines is 1. The molecular formula is C14H20BrN3O2. The maximum Gasteiger partial charge on any atom is 0.293 e. The third kappa shape index (κ3) is 2.96. The Morgan fingerprint density at radius 3 is 2.90 bits per heavy atom. The van der Waals surface area contributed by atoms with Crippen LogP contribution in [0.25, 0.3) is 0 Å². The van der Waals surface area contributed by atoms with Crippen LogP contribution in [0.5, 0.6) is 0 Å². The molecule has 2 unspecified atom stereocenters. The van der Waals surface area contributed by atoms with E-state index in [1.165, 1.54) is 12.5 Å². The standard InChI is InChI=1S/C14H20BrN3O2/c1-10-4-2-3-7-14(10,9-16)17-12-6-5-11(15)8-13(12)18(19)20/h5-6,8,10,17H,2-4,7,9,16H2,1H3. The number of rotatable bonds is 4. The lowest BCUT2D eigenvalue weighted by Crippen LogP contribution is -2.52. The van der Waals surface area contributed by atoms with Gasteiger partial charge < -0.3 is 11.1 Å². The molecule has 20 heavy (non-hydrogen) atoms. The second-order valence-corrected chi connectivity index (χ2v) is 6.47. The maximum atomic E-state index is 11.2. The highest BCUT2D eigenvalue weighted by Gasteiger charge is 2.38. The van der Waals surface area contributed by atoms with Crippen molar-refractivity contribution < 1.29 is 4.92 Å². The van der Waals surface area contributed by atoms with Crippen LogP contribution in [0.1, 0.15) is 32.6 Å². The Labute approximate surface area is 127 Å². The second-order valence-electron chi connectivity index (χ2n) is 5.55. The molecule has 0 heterocycles. The number of benzene rings is 1. The number of nitrogens with zero attached hydrogens (tertiary/aromatic N) is 1. The molecule has 3 N–H and O–H groups in total. The fourth-order valence-electron chi connectivity index (χ4n) is 2.98. The van der Waals surface area contributed by atoms with E-state index in [0.29, 0.717) is 22.6 Å². The van der Waals surface area contributed by atoms with Crippen molar-refractivity contribution in [2.75, 3.05) is 11.9 Å². The van der Waals surface area contributed by atoms with Crippen molar-refractivity contribution in [3.05, 3.63) is 32.8 Å². The number of nitrogens with two attached hydrogens (primary N) is 1. The first-order valence-electron chi connectivity index (χ1n) is 6.91. The zero-order valence-electron chi connectivity index (χ0n) is 11.6. The Bertz CT molecular complexity index is 509. The van der Waals surface area contributed by atoms with Crippen LogP contribution in [0, 0.1) is 16.0 Å². The number of hydrogen-bond acceptors (Lipinski definition) is 4. The van der Waals surface area contributed by atoms with E-state index < -0.39 is 0 Å². The molecule has 0 bridgehead atoms. The molecule has 1 aromatic rings. The van der Waals surface area contributed by atoms with Gasteiger partial charge in [-0.15, -0.1) is 0 Å². The lowest BCUT2D eigenvalue weighted by molar-refractivity contribution is -0.384. The summed E-state index contributed by atoms with van der Waals surface area (Å²) in [5.74, 6) is 0.407. The van der Waals surface area contributed by atoms with E-state index in [1.54, 1.807) is 6.07 Å². The minimum absolute atomic E-state index is 0.0879. The van der Waals surface area contributed by atoms with E-state index in [-0.39, 0.29) is 16.1 Å². The Kier molecular flexibility index (Phi) is 4.65. The van der Waals surface area contributed by atoms with Gasteiger partial charge in [0.05, 0.1) is 10.5 Å². The molecule has 0 aromatic heterocycles. The fourth-order valence-corrected chi connectivity index (χ4v) is 3.33. The number of nitro benzene ring substituents is 1. The average molecular weight is 342 g/mol. The van der Waals surface area contributed by atoms with E-state index in [9.17, 15) is 10.1 Å². The van der Waals surface area contributed by atoms with E-state index in [0.717, 1.165) is 19.3 Å². The first kappa shape index (κ1) is 15.3.